The molecule has 1 aromatic heterocycles. The Kier molecular flexibility index (Phi) is 3.26. The number of rotatable bonds is 3. The van der Waals surface area contributed by atoms with Gasteiger partial charge < -0.3 is 16.2 Å². The average Bonchev–Trinajstić information content (AvgIpc) is 2.90. The van der Waals surface area contributed by atoms with E-state index in [1.807, 2.05) is 31.2 Å². The molecule has 4 heteroatoms. The minimum Gasteiger partial charge on any atom is -0.396 e. The summed E-state index contributed by atoms with van der Waals surface area (Å²) in [4.78, 5) is 4.34. The number of nitrogen functional groups attached to an aromatic ring is 1. The molecule has 0 saturated heterocycles. The molecule has 1 saturated carbocycles. The Morgan fingerprint density at radius 3 is 2.75 bits per heavy atom. The number of aromatic nitrogens is 1. The Labute approximate surface area is 119 Å². The number of fused-ring (bicyclic) bond motifs is 1. The maximum absolute atomic E-state index is 10.7. The molecular weight excluding hydrogens is 250 g/mol. The van der Waals surface area contributed by atoms with Crippen LogP contribution in [0.2, 0.25) is 0 Å². The standard InChI is InChI=1S/C16H21N3O/c1-11(16(20)8-4-5-9-16)19-15-12-6-2-3-7-14(12)18-10-13(15)17/h2-3,6-7,10-11,20H,4-5,8-9,17H2,1H3,(H,18,19)/t11-/m1/s1. The quantitative estimate of drug-likeness (QED) is 0.802. The van der Waals surface area contributed by atoms with Crippen LogP contribution in [0.1, 0.15) is 32.6 Å². The highest BCUT2D eigenvalue weighted by Gasteiger charge is 2.37. The van der Waals surface area contributed by atoms with Crippen molar-refractivity contribution in [3.8, 4) is 0 Å². The molecule has 0 unspecified atom stereocenters. The molecule has 2 aromatic rings. The summed E-state index contributed by atoms with van der Waals surface area (Å²) in [5, 5.41) is 15.1. The van der Waals surface area contributed by atoms with E-state index in [-0.39, 0.29) is 6.04 Å². The third kappa shape index (κ3) is 2.20. The zero-order valence-corrected chi connectivity index (χ0v) is 11.8. The second kappa shape index (κ2) is 4.94. The lowest BCUT2D eigenvalue weighted by atomic mass is 9.93. The third-order valence-electron chi connectivity index (χ3n) is 4.44. The predicted molar refractivity (Wildman–Crippen MR) is 82.7 cm³/mol. The first-order valence-electron chi connectivity index (χ1n) is 7.22. The van der Waals surface area contributed by atoms with E-state index in [0.29, 0.717) is 5.69 Å². The van der Waals surface area contributed by atoms with Gasteiger partial charge in [0.15, 0.2) is 0 Å². The van der Waals surface area contributed by atoms with Crippen molar-refractivity contribution in [2.24, 2.45) is 0 Å². The van der Waals surface area contributed by atoms with Crippen molar-refractivity contribution in [1.29, 1.82) is 0 Å². The number of hydrogen-bond acceptors (Lipinski definition) is 4. The van der Waals surface area contributed by atoms with Crippen LogP contribution < -0.4 is 11.1 Å². The highest BCUT2D eigenvalue weighted by molar-refractivity contribution is 5.96. The molecule has 1 fully saturated rings. The van der Waals surface area contributed by atoms with Gasteiger partial charge in [0.1, 0.15) is 0 Å². The van der Waals surface area contributed by atoms with Crippen LogP contribution in [0, 0.1) is 0 Å². The Morgan fingerprint density at radius 2 is 2.00 bits per heavy atom. The number of nitrogens with zero attached hydrogens (tertiary/aromatic N) is 1. The van der Waals surface area contributed by atoms with Crippen molar-refractivity contribution in [1.82, 2.24) is 4.98 Å². The number of pyridine rings is 1. The average molecular weight is 271 g/mol. The Hall–Kier alpha value is -1.81. The van der Waals surface area contributed by atoms with Gasteiger partial charge in [0, 0.05) is 5.39 Å². The molecule has 0 aliphatic heterocycles. The zero-order chi connectivity index (χ0) is 14.2. The van der Waals surface area contributed by atoms with Gasteiger partial charge in [0.2, 0.25) is 0 Å². The van der Waals surface area contributed by atoms with E-state index in [4.69, 9.17) is 5.73 Å². The second-order valence-corrected chi connectivity index (χ2v) is 5.78. The summed E-state index contributed by atoms with van der Waals surface area (Å²) in [6.45, 7) is 2.03. The topological polar surface area (TPSA) is 71.2 Å². The van der Waals surface area contributed by atoms with Gasteiger partial charge in [0.05, 0.1) is 34.7 Å². The molecule has 0 radical (unpaired) electrons. The lowest BCUT2D eigenvalue weighted by Crippen LogP contribution is -2.42. The van der Waals surface area contributed by atoms with E-state index in [9.17, 15) is 5.11 Å². The number of nitrogens with one attached hydrogen (secondary N) is 1. The van der Waals surface area contributed by atoms with Crippen LogP contribution in [0.3, 0.4) is 0 Å². The molecule has 0 spiro atoms. The van der Waals surface area contributed by atoms with E-state index >= 15 is 0 Å². The fourth-order valence-electron chi connectivity index (χ4n) is 3.09. The van der Waals surface area contributed by atoms with Gasteiger partial charge in [-0.3, -0.25) is 4.98 Å². The van der Waals surface area contributed by atoms with Gasteiger partial charge in [-0.25, -0.2) is 0 Å². The van der Waals surface area contributed by atoms with Gasteiger partial charge in [0.25, 0.3) is 0 Å². The van der Waals surface area contributed by atoms with Gasteiger partial charge in [-0.05, 0) is 25.8 Å². The molecule has 1 aromatic carbocycles. The normalized spacial score (nSPS) is 19.1. The fraction of sp³-hybridized carbons (Fsp3) is 0.438. The van der Waals surface area contributed by atoms with Crippen molar-refractivity contribution >= 4 is 22.3 Å². The summed E-state index contributed by atoms with van der Waals surface area (Å²) in [5.74, 6) is 0. The highest BCUT2D eigenvalue weighted by atomic mass is 16.3. The van der Waals surface area contributed by atoms with Crippen LogP contribution in [0.15, 0.2) is 30.5 Å². The smallest absolute Gasteiger partial charge is 0.0845 e. The van der Waals surface area contributed by atoms with Crippen LogP contribution >= 0.6 is 0 Å². The third-order valence-corrected chi connectivity index (χ3v) is 4.44. The maximum atomic E-state index is 10.7. The summed E-state index contributed by atoms with van der Waals surface area (Å²) in [6, 6.07) is 7.88. The van der Waals surface area contributed by atoms with Crippen molar-refractivity contribution < 1.29 is 5.11 Å². The van der Waals surface area contributed by atoms with Gasteiger partial charge in [-0.1, -0.05) is 31.0 Å². The monoisotopic (exact) mass is 271 g/mol. The first-order valence-corrected chi connectivity index (χ1v) is 7.22. The number of anilines is 2. The summed E-state index contributed by atoms with van der Waals surface area (Å²) in [7, 11) is 0. The van der Waals surface area contributed by atoms with Crippen molar-refractivity contribution in [2.75, 3.05) is 11.1 Å². The number of nitrogens with two attached hydrogens (primary N) is 1. The number of para-hydroxylation sites is 1. The summed E-state index contributed by atoms with van der Waals surface area (Å²) < 4.78 is 0. The fourth-order valence-corrected chi connectivity index (χ4v) is 3.09. The molecular formula is C16H21N3O. The minimum absolute atomic E-state index is 0.0295. The summed E-state index contributed by atoms with van der Waals surface area (Å²) in [5.41, 5.74) is 7.85. The van der Waals surface area contributed by atoms with Gasteiger partial charge in [-0.15, -0.1) is 0 Å². The summed E-state index contributed by atoms with van der Waals surface area (Å²) in [6.07, 6.45) is 5.56. The number of benzene rings is 1. The lowest BCUT2D eigenvalue weighted by molar-refractivity contribution is 0.0331. The molecule has 1 aliphatic rings. The molecule has 106 valence electrons. The Bertz CT molecular complexity index is 620. The molecule has 0 bridgehead atoms. The predicted octanol–water partition coefficient (Wildman–Crippen LogP) is 2.92. The molecule has 0 amide bonds. The molecule has 4 N–H and O–H groups in total. The Morgan fingerprint density at radius 1 is 1.30 bits per heavy atom. The maximum Gasteiger partial charge on any atom is 0.0845 e. The van der Waals surface area contributed by atoms with E-state index < -0.39 is 5.60 Å². The highest BCUT2D eigenvalue weighted by Crippen LogP contribution is 2.36. The molecule has 1 heterocycles. The van der Waals surface area contributed by atoms with Crippen LogP contribution in [0.5, 0.6) is 0 Å². The summed E-state index contributed by atoms with van der Waals surface area (Å²) >= 11 is 0. The minimum atomic E-state index is -0.628. The van der Waals surface area contributed by atoms with Gasteiger partial charge >= 0.3 is 0 Å². The molecule has 4 nitrogen and oxygen atoms in total. The van der Waals surface area contributed by atoms with Crippen LogP contribution in [0.4, 0.5) is 11.4 Å². The van der Waals surface area contributed by atoms with Gasteiger partial charge in [-0.2, -0.15) is 0 Å². The molecule has 1 atom stereocenters. The van der Waals surface area contributed by atoms with E-state index in [2.05, 4.69) is 10.3 Å². The van der Waals surface area contributed by atoms with E-state index in [1.165, 1.54) is 0 Å². The molecule has 3 rings (SSSR count). The zero-order valence-electron chi connectivity index (χ0n) is 11.8. The molecule has 1 aliphatic carbocycles. The van der Waals surface area contributed by atoms with E-state index in [0.717, 1.165) is 42.3 Å². The SMILES string of the molecule is C[C@@H](Nc1c(N)cnc2ccccc12)C1(O)CCCC1. The molecule has 20 heavy (non-hydrogen) atoms. The number of aliphatic hydroxyl groups is 1. The number of hydrogen-bond donors (Lipinski definition) is 3. The largest absolute Gasteiger partial charge is 0.396 e. The van der Waals surface area contributed by atoms with Crippen molar-refractivity contribution in [3.05, 3.63) is 30.5 Å². The van der Waals surface area contributed by atoms with Crippen LogP contribution in [0.25, 0.3) is 10.9 Å². The second-order valence-electron chi connectivity index (χ2n) is 5.78. The lowest BCUT2D eigenvalue weighted by Gasteiger charge is -2.32. The van der Waals surface area contributed by atoms with E-state index in [1.54, 1.807) is 6.20 Å². The van der Waals surface area contributed by atoms with Crippen LogP contribution in [-0.4, -0.2) is 21.7 Å². The van der Waals surface area contributed by atoms with Crippen LogP contribution in [-0.2, 0) is 0 Å². The first kappa shape index (κ1) is 13.2. The van der Waals surface area contributed by atoms with Crippen molar-refractivity contribution in [2.45, 2.75) is 44.2 Å². The van der Waals surface area contributed by atoms with Crippen molar-refractivity contribution in [3.63, 3.8) is 0 Å². The first-order chi connectivity index (χ1) is 9.60. The Balaban J connectivity index is 1.96.